The van der Waals surface area contributed by atoms with Crippen molar-refractivity contribution in [1.82, 2.24) is 14.5 Å². The van der Waals surface area contributed by atoms with E-state index >= 15 is 0 Å². The van der Waals surface area contributed by atoms with Crippen LogP contribution in [0.5, 0.6) is 0 Å². The van der Waals surface area contributed by atoms with Crippen molar-refractivity contribution < 1.29 is 0 Å². The second kappa shape index (κ2) is 5.34. The molecule has 1 saturated heterocycles. The molecule has 4 heteroatoms. The van der Waals surface area contributed by atoms with Crippen LogP contribution in [-0.2, 0) is 13.1 Å². The molecule has 90 valence electrons. The summed E-state index contributed by atoms with van der Waals surface area (Å²) in [6, 6.07) is 0. The third kappa shape index (κ3) is 2.55. The van der Waals surface area contributed by atoms with Crippen molar-refractivity contribution in [1.29, 1.82) is 0 Å². The smallest absolute Gasteiger partial charge is 0.124 e. The molecule has 0 spiro atoms. The summed E-state index contributed by atoms with van der Waals surface area (Å²) in [7, 11) is 0. The highest BCUT2D eigenvalue weighted by Gasteiger charge is 2.13. The van der Waals surface area contributed by atoms with Crippen molar-refractivity contribution in [3.8, 4) is 0 Å². The first kappa shape index (κ1) is 11.5. The van der Waals surface area contributed by atoms with Gasteiger partial charge in [-0.1, -0.05) is 12.8 Å². The molecule has 2 rings (SSSR count). The molecule has 0 unspecified atom stereocenters. The summed E-state index contributed by atoms with van der Waals surface area (Å²) >= 11 is 0. The third-order valence-electron chi connectivity index (χ3n) is 3.35. The number of nitrogen functional groups attached to an aromatic ring is 1. The maximum Gasteiger partial charge on any atom is 0.124 e. The van der Waals surface area contributed by atoms with Gasteiger partial charge in [-0.25, -0.2) is 4.98 Å². The molecular weight excluding hydrogens is 200 g/mol. The molecule has 0 amide bonds. The maximum atomic E-state index is 5.87. The highest BCUT2D eigenvalue weighted by molar-refractivity contribution is 5.27. The highest BCUT2D eigenvalue weighted by atomic mass is 15.2. The number of hydrogen-bond donors (Lipinski definition) is 1. The Morgan fingerprint density at radius 1 is 1.25 bits per heavy atom. The summed E-state index contributed by atoms with van der Waals surface area (Å²) in [4.78, 5) is 6.91. The second-order valence-electron chi connectivity index (χ2n) is 4.53. The van der Waals surface area contributed by atoms with Gasteiger partial charge in [0.1, 0.15) is 11.6 Å². The largest absolute Gasteiger partial charge is 0.384 e. The standard InChI is InChI=1S/C12H22N4/c1-2-16-11(13)9-14-12(16)10-15-7-5-3-4-6-8-15/h9H,2-8,10,13H2,1H3. The Hall–Kier alpha value is -1.03. The van der Waals surface area contributed by atoms with Crippen LogP contribution in [-0.4, -0.2) is 27.5 Å². The summed E-state index contributed by atoms with van der Waals surface area (Å²) in [5, 5.41) is 0. The summed E-state index contributed by atoms with van der Waals surface area (Å²) in [5.74, 6) is 1.90. The Labute approximate surface area is 97.4 Å². The first-order valence-corrected chi connectivity index (χ1v) is 6.33. The summed E-state index contributed by atoms with van der Waals surface area (Å²) < 4.78 is 2.10. The van der Waals surface area contributed by atoms with Crippen LogP contribution in [0.4, 0.5) is 5.82 Å². The first-order valence-electron chi connectivity index (χ1n) is 6.33. The van der Waals surface area contributed by atoms with Crippen molar-refractivity contribution in [2.24, 2.45) is 0 Å². The van der Waals surface area contributed by atoms with E-state index in [1.54, 1.807) is 6.20 Å². The van der Waals surface area contributed by atoms with E-state index in [0.717, 1.165) is 24.7 Å². The van der Waals surface area contributed by atoms with Gasteiger partial charge in [-0.2, -0.15) is 0 Å². The Morgan fingerprint density at radius 2 is 1.94 bits per heavy atom. The number of imidazole rings is 1. The molecule has 1 aromatic heterocycles. The molecule has 0 radical (unpaired) electrons. The van der Waals surface area contributed by atoms with E-state index < -0.39 is 0 Å². The van der Waals surface area contributed by atoms with Crippen LogP contribution >= 0.6 is 0 Å². The Kier molecular flexibility index (Phi) is 3.83. The summed E-state index contributed by atoms with van der Waals surface area (Å²) in [5.41, 5.74) is 5.87. The number of likely N-dealkylation sites (tertiary alicyclic amines) is 1. The van der Waals surface area contributed by atoms with E-state index in [0.29, 0.717) is 0 Å². The lowest BCUT2D eigenvalue weighted by Crippen LogP contribution is -2.26. The number of nitrogens with two attached hydrogens (primary N) is 1. The molecule has 0 aliphatic carbocycles. The molecule has 1 aliphatic rings. The van der Waals surface area contributed by atoms with Crippen molar-refractivity contribution >= 4 is 5.82 Å². The van der Waals surface area contributed by atoms with Gasteiger partial charge in [0.2, 0.25) is 0 Å². The molecule has 2 heterocycles. The minimum atomic E-state index is 0.785. The molecule has 0 atom stereocenters. The molecule has 0 saturated carbocycles. The molecule has 16 heavy (non-hydrogen) atoms. The van der Waals surface area contributed by atoms with Crippen molar-refractivity contribution in [2.75, 3.05) is 18.8 Å². The first-order chi connectivity index (χ1) is 7.81. The number of aromatic nitrogens is 2. The maximum absolute atomic E-state index is 5.87. The molecule has 1 aliphatic heterocycles. The predicted molar refractivity (Wildman–Crippen MR) is 66.1 cm³/mol. The Balaban J connectivity index is 2.01. The summed E-state index contributed by atoms with van der Waals surface area (Å²) in [6.07, 6.45) is 7.17. The van der Waals surface area contributed by atoms with Gasteiger partial charge in [0.15, 0.2) is 0 Å². The fraction of sp³-hybridized carbons (Fsp3) is 0.750. The van der Waals surface area contributed by atoms with E-state index in [1.807, 2.05) is 0 Å². The molecule has 1 aromatic rings. The van der Waals surface area contributed by atoms with Gasteiger partial charge in [-0.05, 0) is 32.9 Å². The van der Waals surface area contributed by atoms with Crippen LogP contribution in [0.2, 0.25) is 0 Å². The van der Waals surface area contributed by atoms with Crippen LogP contribution in [0.15, 0.2) is 6.20 Å². The van der Waals surface area contributed by atoms with Crippen molar-refractivity contribution in [3.63, 3.8) is 0 Å². The van der Waals surface area contributed by atoms with Gasteiger partial charge in [-0.15, -0.1) is 0 Å². The molecule has 0 bridgehead atoms. The fourth-order valence-electron chi connectivity index (χ4n) is 2.41. The molecule has 0 aromatic carbocycles. The Morgan fingerprint density at radius 3 is 2.56 bits per heavy atom. The number of anilines is 1. The van der Waals surface area contributed by atoms with Gasteiger partial charge in [0.25, 0.3) is 0 Å². The summed E-state index contributed by atoms with van der Waals surface area (Å²) in [6.45, 7) is 6.39. The molecular formula is C12H22N4. The highest BCUT2D eigenvalue weighted by Crippen LogP contribution is 2.14. The number of hydrogen-bond acceptors (Lipinski definition) is 3. The average Bonchev–Trinajstić information content (AvgIpc) is 2.51. The quantitative estimate of drug-likeness (QED) is 0.849. The SMILES string of the molecule is CCn1c(N)cnc1CN1CCCCCC1. The van der Waals surface area contributed by atoms with E-state index in [1.165, 1.54) is 38.8 Å². The number of rotatable bonds is 3. The predicted octanol–water partition coefficient (Wildman–Crippen LogP) is 1.86. The zero-order valence-corrected chi connectivity index (χ0v) is 10.2. The minimum absolute atomic E-state index is 0.785. The van der Waals surface area contributed by atoms with Crippen LogP contribution in [0.3, 0.4) is 0 Å². The van der Waals surface area contributed by atoms with Crippen molar-refractivity contribution in [2.45, 2.75) is 45.7 Å². The Bertz CT molecular complexity index is 324. The van der Waals surface area contributed by atoms with Gasteiger partial charge in [0, 0.05) is 6.54 Å². The van der Waals surface area contributed by atoms with Crippen LogP contribution < -0.4 is 5.73 Å². The lowest BCUT2D eigenvalue weighted by Gasteiger charge is -2.19. The number of nitrogens with zero attached hydrogens (tertiary/aromatic N) is 3. The van der Waals surface area contributed by atoms with E-state index in [9.17, 15) is 0 Å². The second-order valence-corrected chi connectivity index (χ2v) is 4.53. The molecule has 2 N–H and O–H groups in total. The normalized spacial score (nSPS) is 18.6. The molecule has 4 nitrogen and oxygen atoms in total. The van der Waals surface area contributed by atoms with Gasteiger partial charge in [0.05, 0.1) is 12.7 Å². The van der Waals surface area contributed by atoms with E-state index in [-0.39, 0.29) is 0 Å². The average molecular weight is 222 g/mol. The third-order valence-corrected chi connectivity index (χ3v) is 3.35. The lowest BCUT2D eigenvalue weighted by molar-refractivity contribution is 0.266. The van der Waals surface area contributed by atoms with Crippen LogP contribution in [0.1, 0.15) is 38.4 Å². The molecule has 1 fully saturated rings. The van der Waals surface area contributed by atoms with Gasteiger partial charge >= 0.3 is 0 Å². The van der Waals surface area contributed by atoms with E-state index in [4.69, 9.17) is 5.73 Å². The van der Waals surface area contributed by atoms with Crippen LogP contribution in [0, 0.1) is 0 Å². The zero-order chi connectivity index (χ0) is 11.4. The van der Waals surface area contributed by atoms with Crippen molar-refractivity contribution in [3.05, 3.63) is 12.0 Å². The fourth-order valence-corrected chi connectivity index (χ4v) is 2.41. The minimum Gasteiger partial charge on any atom is -0.384 e. The lowest BCUT2D eigenvalue weighted by atomic mass is 10.2. The van der Waals surface area contributed by atoms with Gasteiger partial charge in [-0.3, -0.25) is 4.90 Å². The zero-order valence-electron chi connectivity index (χ0n) is 10.2. The monoisotopic (exact) mass is 222 g/mol. The van der Waals surface area contributed by atoms with Crippen LogP contribution in [0.25, 0.3) is 0 Å². The van der Waals surface area contributed by atoms with Gasteiger partial charge < -0.3 is 10.3 Å². The topological polar surface area (TPSA) is 47.1 Å². The van der Waals surface area contributed by atoms with E-state index in [2.05, 4.69) is 21.4 Å².